The summed E-state index contributed by atoms with van der Waals surface area (Å²) in [5.41, 5.74) is -0.390. The number of amides is 1. The van der Waals surface area contributed by atoms with Crippen molar-refractivity contribution < 1.29 is 18.0 Å². The van der Waals surface area contributed by atoms with E-state index in [0.717, 1.165) is 44.6 Å². The largest absolute Gasteiger partial charge is 0.434 e. The van der Waals surface area contributed by atoms with Crippen molar-refractivity contribution in [2.24, 2.45) is 5.92 Å². The van der Waals surface area contributed by atoms with Gasteiger partial charge >= 0.3 is 6.18 Å². The monoisotopic (exact) mass is 431 g/mol. The third kappa shape index (κ3) is 4.04. The maximum absolute atomic E-state index is 13.1. The molecule has 1 aliphatic heterocycles. The number of hydrogen-bond donors (Lipinski definition) is 1. The van der Waals surface area contributed by atoms with Gasteiger partial charge in [-0.1, -0.05) is 0 Å². The van der Waals surface area contributed by atoms with Crippen molar-refractivity contribution in [3.8, 4) is 11.5 Å². The van der Waals surface area contributed by atoms with Gasteiger partial charge in [-0.05, 0) is 31.7 Å². The molecule has 0 bridgehead atoms. The number of hydrogen-bond acceptors (Lipinski definition) is 6. The number of imidazole rings is 1. The van der Waals surface area contributed by atoms with Crippen molar-refractivity contribution in [3.05, 3.63) is 36.5 Å². The number of halogens is 3. The summed E-state index contributed by atoms with van der Waals surface area (Å²) in [6.45, 7) is 1.41. The van der Waals surface area contributed by atoms with Gasteiger partial charge in [0, 0.05) is 37.4 Å². The Morgan fingerprint density at radius 2 is 1.97 bits per heavy atom. The number of rotatable bonds is 4. The van der Waals surface area contributed by atoms with Gasteiger partial charge in [-0.25, -0.2) is 19.9 Å². The van der Waals surface area contributed by atoms with E-state index in [0.29, 0.717) is 18.1 Å². The summed E-state index contributed by atoms with van der Waals surface area (Å²) < 4.78 is 40.5. The average molecular weight is 431 g/mol. The number of nitrogens with one attached hydrogen (secondary N) is 1. The van der Waals surface area contributed by atoms with Crippen molar-refractivity contribution in [2.45, 2.75) is 37.9 Å². The van der Waals surface area contributed by atoms with Gasteiger partial charge in [0.05, 0.1) is 12.4 Å². The molecule has 3 aromatic rings. The van der Waals surface area contributed by atoms with E-state index in [4.69, 9.17) is 0 Å². The molecule has 1 atom stereocenters. The molecular formula is C20H20F3N7O. The van der Waals surface area contributed by atoms with Crippen molar-refractivity contribution in [2.75, 3.05) is 18.0 Å². The molecule has 1 saturated carbocycles. The highest BCUT2D eigenvalue weighted by atomic mass is 19.4. The minimum Gasteiger partial charge on any atom is -0.354 e. The SMILES string of the molecule is O=C(N[C@H]1CCCN(c2ccnc(-c3cnc4cnc(C(F)(F)F)cn34)n2)C1)C1CC1. The van der Waals surface area contributed by atoms with Crippen LogP contribution in [-0.4, -0.2) is 49.4 Å². The van der Waals surface area contributed by atoms with Crippen LogP contribution in [0.3, 0.4) is 0 Å². The molecule has 162 valence electrons. The Labute approximate surface area is 175 Å². The first-order valence-electron chi connectivity index (χ1n) is 10.2. The number of carbonyl (C=O) groups is 1. The van der Waals surface area contributed by atoms with Crippen LogP contribution in [0, 0.1) is 5.92 Å². The summed E-state index contributed by atoms with van der Waals surface area (Å²) in [5.74, 6) is 1.21. The molecule has 1 aliphatic carbocycles. The predicted molar refractivity (Wildman–Crippen MR) is 105 cm³/mol. The Balaban J connectivity index is 1.40. The summed E-state index contributed by atoms with van der Waals surface area (Å²) in [4.78, 5) is 30.5. The summed E-state index contributed by atoms with van der Waals surface area (Å²) in [6.07, 6.45) is 4.17. The van der Waals surface area contributed by atoms with Crippen LogP contribution in [0.4, 0.5) is 19.0 Å². The fourth-order valence-corrected chi connectivity index (χ4v) is 3.82. The summed E-state index contributed by atoms with van der Waals surface area (Å²) >= 11 is 0. The molecule has 0 unspecified atom stereocenters. The maximum atomic E-state index is 13.1. The van der Waals surface area contributed by atoms with E-state index in [1.54, 1.807) is 12.3 Å². The van der Waals surface area contributed by atoms with Crippen molar-refractivity contribution in [1.29, 1.82) is 0 Å². The number of alkyl halides is 3. The van der Waals surface area contributed by atoms with E-state index in [9.17, 15) is 18.0 Å². The number of fused-ring (bicyclic) bond motifs is 1. The first kappa shape index (κ1) is 19.7. The van der Waals surface area contributed by atoms with Crippen molar-refractivity contribution in [3.63, 3.8) is 0 Å². The summed E-state index contributed by atoms with van der Waals surface area (Å²) in [7, 11) is 0. The van der Waals surface area contributed by atoms with Gasteiger partial charge in [0.2, 0.25) is 5.91 Å². The molecule has 4 heterocycles. The molecule has 11 heteroatoms. The number of aromatic nitrogens is 5. The number of nitrogens with zero attached hydrogens (tertiary/aromatic N) is 6. The van der Waals surface area contributed by atoms with E-state index in [-0.39, 0.29) is 29.3 Å². The fourth-order valence-electron chi connectivity index (χ4n) is 3.82. The molecule has 0 spiro atoms. The quantitative estimate of drug-likeness (QED) is 0.684. The molecule has 1 N–H and O–H groups in total. The molecule has 2 fully saturated rings. The van der Waals surface area contributed by atoms with Crippen LogP contribution in [-0.2, 0) is 11.0 Å². The van der Waals surface area contributed by atoms with Gasteiger partial charge in [-0.2, -0.15) is 13.2 Å². The third-order valence-corrected chi connectivity index (χ3v) is 5.60. The molecule has 1 saturated heterocycles. The smallest absolute Gasteiger partial charge is 0.354 e. The van der Waals surface area contributed by atoms with Crippen LogP contribution in [0.15, 0.2) is 30.9 Å². The van der Waals surface area contributed by atoms with Crippen LogP contribution in [0.2, 0.25) is 0 Å². The second-order valence-corrected chi connectivity index (χ2v) is 7.95. The van der Waals surface area contributed by atoms with Gasteiger partial charge in [0.1, 0.15) is 11.5 Å². The predicted octanol–water partition coefficient (Wildman–Crippen LogP) is 2.70. The topological polar surface area (TPSA) is 88.3 Å². The maximum Gasteiger partial charge on any atom is 0.434 e. The van der Waals surface area contributed by atoms with Gasteiger partial charge in [0.25, 0.3) is 0 Å². The van der Waals surface area contributed by atoms with Crippen LogP contribution < -0.4 is 10.2 Å². The van der Waals surface area contributed by atoms with Crippen LogP contribution in [0.1, 0.15) is 31.4 Å². The third-order valence-electron chi connectivity index (χ3n) is 5.60. The lowest BCUT2D eigenvalue weighted by Gasteiger charge is -2.34. The second-order valence-electron chi connectivity index (χ2n) is 7.95. The molecule has 2 aliphatic rings. The van der Waals surface area contributed by atoms with Gasteiger partial charge in [-0.15, -0.1) is 0 Å². The summed E-state index contributed by atoms with van der Waals surface area (Å²) in [6, 6.07) is 1.82. The molecule has 31 heavy (non-hydrogen) atoms. The Kier molecular flexibility index (Phi) is 4.75. The zero-order valence-corrected chi connectivity index (χ0v) is 16.5. The Morgan fingerprint density at radius 1 is 1.13 bits per heavy atom. The van der Waals surface area contributed by atoms with Crippen LogP contribution >= 0.6 is 0 Å². The van der Waals surface area contributed by atoms with E-state index < -0.39 is 11.9 Å². The zero-order valence-electron chi connectivity index (χ0n) is 16.5. The van der Waals surface area contributed by atoms with E-state index >= 15 is 0 Å². The molecule has 5 rings (SSSR count). The Hall–Kier alpha value is -3.24. The molecule has 8 nitrogen and oxygen atoms in total. The first-order chi connectivity index (χ1) is 14.9. The number of carbonyl (C=O) groups excluding carboxylic acids is 1. The average Bonchev–Trinajstić information content (AvgIpc) is 3.52. The molecule has 3 aromatic heterocycles. The Bertz CT molecular complexity index is 1130. The van der Waals surface area contributed by atoms with Gasteiger partial charge in [-0.3, -0.25) is 9.20 Å². The lowest BCUT2D eigenvalue weighted by atomic mass is 10.1. The standard InChI is InChI=1S/C20H20F3N7O/c21-20(22,23)15-11-30-14(8-26-17(30)9-25-15)18-24-6-5-16(28-18)29-7-1-2-13(10-29)27-19(31)12-3-4-12/h5-6,8-9,11-13H,1-4,7,10H2,(H,27,31)/t13-/m0/s1. The highest BCUT2D eigenvalue weighted by Gasteiger charge is 2.34. The van der Waals surface area contributed by atoms with Gasteiger partial charge in [0.15, 0.2) is 17.2 Å². The highest BCUT2D eigenvalue weighted by molar-refractivity contribution is 5.81. The number of piperidine rings is 1. The van der Waals surface area contributed by atoms with E-state index in [1.165, 1.54) is 10.6 Å². The normalized spacial score (nSPS) is 19.6. The lowest BCUT2D eigenvalue weighted by molar-refractivity contribution is -0.141. The Morgan fingerprint density at radius 3 is 2.74 bits per heavy atom. The van der Waals surface area contributed by atoms with Crippen molar-refractivity contribution >= 4 is 17.4 Å². The lowest BCUT2D eigenvalue weighted by Crippen LogP contribution is -2.48. The molecule has 1 amide bonds. The summed E-state index contributed by atoms with van der Waals surface area (Å²) in [5, 5.41) is 3.12. The minimum atomic E-state index is -4.56. The van der Waals surface area contributed by atoms with Crippen molar-refractivity contribution in [1.82, 2.24) is 29.7 Å². The van der Waals surface area contributed by atoms with E-state index in [1.807, 2.05) is 0 Å². The zero-order chi connectivity index (χ0) is 21.6. The molecular weight excluding hydrogens is 411 g/mol. The second kappa shape index (κ2) is 7.47. The fraction of sp³-hybridized carbons (Fsp3) is 0.450. The van der Waals surface area contributed by atoms with Gasteiger partial charge < -0.3 is 10.2 Å². The minimum absolute atomic E-state index is 0.0523. The highest BCUT2D eigenvalue weighted by Crippen LogP contribution is 2.30. The molecule has 0 aromatic carbocycles. The number of anilines is 1. The van der Waals surface area contributed by atoms with Crippen LogP contribution in [0.25, 0.3) is 17.2 Å². The van der Waals surface area contributed by atoms with E-state index in [2.05, 4.69) is 30.2 Å². The first-order valence-corrected chi connectivity index (χ1v) is 10.2. The molecule has 0 radical (unpaired) electrons. The van der Waals surface area contributed by atoms with Crippen LogP contribution in [0.5, 0.6) is 0 Å².